The predicted molar refractivity (Wildman–Crippen MR) is 15.6 cm³/mol. The quantitative estimate of drug-likeness (QED) is 0.586. The summed E-state index contributed by atoms with van der Waals surface area (Å²) in [5, 5.41) is 0. The van der Waals surface area contributed by atoms with E-state index >= 15 is 0 Å². The van der Waals surface area contributed by atoms with Gasteiger partial charge in [0.15, 0.2) is 0 Å². The van der Waals surface area contributed by atoms with E-state index in [9.17, 15) is 0 Å². The van der Waals surface area contributed by atoms with Crippen LogP contribution in [0.4, 0.5) is 0 Å². The summed E-state index contributed by atoms with van der Waals surface area (Å²) in [6.07, 6.45) is 1.00. The van der Waals surface area contributed by atoms with Gasteiger partial charge >= 0.3 is 31.1 Å². The van der Waals surface area contributed by atoms with Gasteiger partial charge in [-0.2, -0.15) is 6.42 Å². The Bertz CT molecular complexity index is 3.25. The molecule has 0 aliphatic rings. The summed E-state index contributed by atoms with van der Waals surface area (Å²) in [5.41, 5.74) is 0. The molecule has 0 aromatic heterocycles. The van der Waals surface area contributed by atoms with E-state index in [1.54, 1.807) is 0 Å². The first-order valence-corrected chi connectivity index (χ1v) is 1.21. The molecular formula is C3H7U+. The number of rotatable bonds is 0. The van der Waals surface area contributed by atoms with Gasteiger partial charge in [-0.1, -0.05) is 6.92 Å². The average molecular weight is 281 g/mol. The SMILES string of the molecule is [CH2-]CC.[U+2]. The van der Waals surface area contributed by atoms with Crippen molar-refractivity contribution in [3.05, 3.63) is 6.92 Å². The Hall–Kier alpha value is 1.05. The van der Waals surface area contributed by atoms with Crippen LogP contribution in [-0.2, 0) is 0 Å². The van der Waals surface area contributed by atoms with Crippen molar-refractivity contribution in [2.24, 2.45) is 0 Å². The fourth-order valence-corrected chi connectivity index (χ4v) is 0. The predicted octanol–water partition coefficient (Wildman–Crippen LogP) is 1.23. The molecule has 0 saturated heterocycles. The Morgan fingerprint density at radius 3 is 1.75 bits per heavy atom. The number of hydrogen-bond acceptors (Lipinski definition) is 0. The molecule has 0 aliphatic carbocycles. The molecule has 0 aromatic rings. The van der Waals surface area contributed by atoms with Crippen LogP contribution >= 0.6 is 0 Å². The second-order valence-corrected chi connectivity index (χ2v) is 0.500. The Morgan fingerprint density at radius 2 is 1.75 bits per heavy atom. The van der Waals surface area contributed by atoms with Gasteiger partial charge in [-0.05, 0) is 0 Å². The zero-order chi connectivity index (χ0) is 2.71. The van der Waals surface area contributed by atoms with Gasteiger partial charge in [0.1, 0.15) is 0 Å². The first-order chi connectivity index (χ1) is 1.41. The molecule has 0 aliphatic heterocycles. The van der Waals surface area contributed by atoms with Gasteiger partial charge in [0.05, 0.1) is 0 Å². The molecule has 0 atom stereocenters. The molecule has 22 valence electrons. The topological polar surface area (TPSA) is 0 Å². The molecule has 0 saturated carbocycles. The third-order valence-corrected chi connectivity index (χ3v) is 0. The van der Waals surface area contributed by atoms with Crippen molar-refractivity contribution in [3.8, 4) is 0 Å². The second kappa shape index (κ2) is 8.96. The van der Waals surface area contributed by atoms with Crippen LogP contribution in [0.5, 0.6) is 0 Å². The van der Waals surface area contributed by atoms with Gasteiger partial charge in [-0.15, -0.1) is 0 Å². The fraction of sp³-hybridized carbons (Fsp3) is 0.667. The first kappa shape index (κ1) is 8.90. The van der Waals surface area contributed by atoms with Crippen molar-refractivity contribution in [2.75, 3.05) is 0 Å². The molecule has 0 aromatic carbocycles. The molecule has 0 heterocycles. The van der Waals surface area contributed by atoms with E-state index in [0.717, 1.165) is 6.42 Å². The maximum absolute atomic E-state index is 3.49. The maximum atomic E-state index is 3.49. The van der Waals surface area contributed by atoms with Crippen LogP contribution in [0.1, 0.15) is 13.3 Å². The van der Waals surface area contributed by atoms with E-state index in [2.05, 4.69) is 6.92 Å². The summed E-state index contributed by atoms with van der Waals surface area (Å²) >= 11 is 0. The van der Waals surface area contributed by atoms with E-state index in [4.69, 9.17) is 0 Å². The molecule has 0 amide bonds. The molecule has 0 nitrogen and oxygen atoms in total. The Morgan fingerprint density at radius 1 is 1.75 bits per heavy atom. The van der Waals surface area contributed by atoms with Gasteiger partial charge in [0.25, 0.3) is 0 Å². The first-order valence-electron chi connectivity index (χ1n) is 1.21. The zero-order valence-corrected chi connectivity index (χ0v) is 7.08. The Labute approximate surface area is 51.3 Å². The third kappa shape index (κ3) is 11.6. The van der Waals surface area contributed by atoms with Crippen molar-refractivity contribution >= 4 is 0 Å². The molecule has 0 rings (SSSR count). The minimum absolute atomic E-state index is 0. The summed E-state index contributed by atoms with van der Waals surface area (Å²) in [7, 11) is 0. The summed E-state index contributed by atoms with van der Waals surface area (Å²) in [4.78, 5) is 0. The maximum Gasteiger partial charge on any atom is 2.00 e. The summed E-state index contributed by atoms with van der Waals surface area (Å²) in [5.74, 6) is 0. The molecule has 0 unspecified atom stereocenters. The van der Waals surface area contributed by atoms with Crippen LogP contribution in [0.25, 0.3) is 0 Å². The van der Waals surface area contributed by atoms with Crippen molar-refractivity contribution in [3.63, 3.8) is 0 Å². The molecule has 1 heteroatoms. The normalized spacial score (nSPS) is 4.50. The van der Waals surface area contributed by atoms with Gasteiger partial charge in [-0.3, -0.25) is 0 Å². The Kier molecular flexibility index (Phi) is 20.0. The van der Waals surface area contributed by atoms with Crippen LogP contribution in [0.15, 0.2) is 0 Å². The smallest absolute Gasteiger partial charge is 0.344 e. The van der Waals surface area contributed by atoms with Gasteiger partial charge < -0.3 is 6.92 Å². The van der Waals surface area contributed by atoms with Crippen LogP contribution in [0, 0.1) is 38.0 Å². The van der Waals surface area contributed by atoms with E-state index in [-0.39, 0.29) is 31.1 Å². The van der Waals surface area contributed by atoms with E-state index in [1.807, 2.05) is 6.92 Å². The molecule has 0 spiro atoms. The molecule has 0 bridgehead atoms. The largest absolute Gasteiger partial charge is 2.00 e. The third-order valence-electron chi connectivity index (χ3n) is 0. The van der Waals surface area contributed by atoms with E-state index < -0.39 is 0 Å². The molecule has 0 N–H and O–H groups in total. The van der Waals surface area contributed by atoms with Crippen molar-refractivity contribution < 1.29 is 31.1 Å². The summed E-state index contributed by atoms with van der Waals surface area (Å²) in [6, 6.07) is 0. The zero-order valence-electron chi connectivity index (χ0n) is 2.91. The van der Waals surface area contributed by atoms with Crippen LogP contribution in [0.3, 0.4) is 0 Å². The van der Waals surface area contributed by atoms with Crippen LogP contribution in [-0.4, -0.2) is 0 Å². The van der Waals surface area contributed by atoms with Gasteiger partial charge in [-0.25, -0.2) is 0 Å². The van der Waals surface area contributed by atoms with Crippen molar-refractivity contribution in [1.82, 2.24) is 0 Å². The van der Waals surface area contributed by atoms with Crippen molar-refractivity contribution in [2.45, 2.75) is 13.3 Å². The van der Waals surface area contributed by atoms with Gasteiger partial charge in [0.2, 0.25) is 0 Å². The molecule has 4 heavy (non-hydrogen) atoms. The standard InChI is InChI=1S/C3H7.U/c1-3-2;/h1,3H2,2H3;/q-1;+2. The van der Waals surface area contributed by atoms with Gasteiger partial charge in [0, 0.05) is 0 Å². The van der Waals surface area contributed by atoms with Crippen molar-refractivity contribution in [1.29, 1.82) is 0 Å². The molecular weight excluding hydrogens is 274 g/mol. The summed E-state index contributed by atoms with van der Waals surface area (Å²) < 4.78 is 0. The summed E-state index contributed by atoms with van der Waals surface area (Å²) in [6.45, 7) is 5.50. The van der Waals surface area contributed by atoms with E-state index in [0.29, 0.717) is 0 Å². The monoisotopic (exact) mass is 281 g/mol. The second-order valence-electron chi connectivity index (χ2n) is 0.500. The average Bonchev–Trinajstić information content (AvgIpc) is 0.918. The minimum atomic E-state index is 0. The minimum Gasteiger partial charge on any atom is -0.344 e. The number of hydrogen-bond donors (Lipinski definition) is 0. The fourth-order valence-electron chi connectivity index (χ4n) is 0. The van der Waals surface area contributed by atoms with Crippen LogP contribution < -0.4 is 0 Å². The Balaban J connectivity index is 0. The van der Waals surface area contributed by atoms with Crippen LogP contribution in [0.2, 0.25) is 0 Å². The molecule has 0 radical (unpaired) electrons. The van der Waals surface area contributed by atoms with E-state index in [1.165, 1.54) is 0 Å². The molecule has 0 fully saturated rings.